The van der Waals surface area contributed by atoms with Gasteiger partial charge in [-0.15, -0.1) is 11.6 Å². The average molecular weight is 256 g/mol. The zero-order valence-corrected chi connectivity index (χ0v) is 10.00. The Labute approximate surface area is 104 Å². The highest BCUT2D eigenvalue weighted by Gasteiger charge is 2.41. The molecule has 1 aliphatic rings. The first-order chi connectivity index (χ1) is 8.04. The van der Waals surface area contributed by atoms with E-state index in [4.69, 9.17) is 11.6 Å². The second-order valence-corrected chi connectivity index (χ2v) is 4.82. The molecule has 1 amide bonds. The van der Waals surface area contributed by atoms with E-state index in [2.05, 4.69) is 5.32 Å². The molecule has 0 bridgehead atoms. The number of halogens is 1. The summed E-state index contributed by atoms with van der Waals surface area (Å²) in [4.78, 5) is 11.8. The van der Waals surface area contributed by atoms with Crippen molar-refractivity contribution in [3.63, 3.8) is 0 Å². The van der Waals surface area contributed by atoms with Crippen LogP contribution in [0, 0.1) is 5.41 Å². The molecule has 0 spiro atoms. The third kappa shape index (κ3) is 2.82. The lowest BCUT2D eigenvalue weighted by Gasteiger charge is -2.12. The Morgan fingerprint density at radius 2 is 1.88 bits per heavy atom. The quantitative estimate of drug-likeness (QED) is 0.719. The van der Waals surface area contributed by atoms with Crippen molar-refractivity contribution in [3.8, 4) is 11.5 Å². The smallest absolute Gasteiger partial charge is 0.251 e. The molecule has 5 heteroatoms. The summed E-state index contributed by atoms with van der Waals surface area (Å²) in [5.41, 5.74) is 0.295. The Morgan fingerprint density at radius 3 is 2.35 bits per heavy atom. The van der Waals surface area contributed by atoms with Crippen LogP contribution in [0.1, 0.15) is 23.2 Å². The number of benzene rings is 1. The Bertz CT molecular complexity index is 423. The first kappa shape index (κ1) is 12.0. The van der Waals surface area contributed by atoms with Gasteiger partial charge in [0.2, 0.25) is 0 Å². The van der Waals surface area contributed by atoms with Crippen molar-refractivity contribution in [3.05, 3.63) is 23.8 Å². The maximum atomic E-state index is 11.8. The van der Waals surface area contributed by atoms with Gasteiger partial charge in [-0.1, -0.05) is 0 Å². The molecule has 0 radical (unpaired) electrons. The standard InChI is InChI=1S/C12H14ClNO3/c13-6-12(1-2-12)7-14-11(17)8-3-9(15)5-10(16)4-8/h3-5,15-16H,1-2,6-7H2,(H,14,17). The third-order valence-corrected chi connectivity index (χ3v) is 3.60. The van der Waals surface area contributed by atoms with Crippen LogP contribution in [0.2, 0.25) is 0 Å². The minimum atomic E-state index is -0.312. The first-order valence-electron chi connectivity index (χ1n) is 5.42. The van der Waals surface area contributed by atoms with Crippen molar-refractivity contribution in [2.45, 2.75) is 12.8 Å². The number of phenols is 2. The fourth-order valence-corrected chi connectivity index (χ4v) is 1.99. The minimum absolute atomic E-state index is 0.0517. The van der Waals surface area contributed by atoms with Gasteiger partial charge >= 0.3 is 0 Å². The second kappa shape index (κ2) is 4.45. The zero-order valence-electron chi connectivity index (χ0n) is 9.24. The van der Waals surface area contributed by atoms with Crippen molar-refractivity contribution in [1.29, 1.82) is 0 Å². The number of phenolic OH excluding ortho intramolecular Hbond substituents is 2. The molecule has 1 aromatic carbocycles. The molecule has 4 nitrogen and oxygen atoms in total. The number of carbonyl (C=O) groups is 1. The van der Waals surface area contributed by atoms with Crippen molar-refractivity contribution in [2.24, 2.45) is 5.41 Å². The van der Waals surface area contributed by atoms with Crippen LogP contribution in [0.15, 0.2) is 18.2 Å². The molecule has 92 valence electrons. The van der Waals surface area contributed by atoms with E-state index in [0.717, 1.165) is 12.8 Å². The van der Waals surface area contributed by atoms with Crippen LogP contribution in [-0.4, -0.2) is 28.5 Å². The molecule has 1 fully saturated rings. The Kier molecular flexibility index (Phi) is 3.15. The highest BCUT2D eigenvalue weighted by Crippen LogP contribution is 2.45. The summed E-state index contributed by atoms with van der Waals surface area (Å²) in [5, 5.41) is 21.3. The molecular weight excluding hydrogens is 242 g/mol. The number of alkyl halides is 1. The Morgan fingerprint density at radius 1 is 1.29 bits per heavy atom. The molecule has 0 saturated heterocycles. The van der Waals surface area contributed by atoms with Crippen LogP contribution < -0.4 is 5.32 Å². The van der Waals surface area contributed by atoms with Gasteiger partial charge < -0.3 is 15.5 Å². The van der Waals surface area contributed by atoms with E-state index in [1.165, 1.54) is 18.2 Å². The second-order valence-electron chi connectivity index (χ2n) is 4.55. The number of nitrogens with one attached hydrogen (secondary N) is 1. The number of amides is 1. The lowest BCUT2D eigenvalue weighted by molar-refractivity contribution is 0.0945. The maximum Gasteiger partial charge on any atom is 0.251 e. The predicted molar refractivity (Wildman–Crippen MR) is 64.5 cm³/mol. The van der Waals surface area contributed by atoms with Crippen LogP contribution in [0.25, 0.3) is 0 Å². The number of aromatic hydroxyl groups is 2. The Hall–Kier alpha value is -1.42. The van der Waals surface area contributed by atoms with Gasteiger partial charge in [-0.2, -0.15) is 0 Å². The highest BCUT2D eigenvalue weighted by atomic mass is 35.5. The number of rotatable bonds is 4. The van der Waals surface area contributed by atoms with Crippen molar-refractivity contribution in [1.82, 2.24) is 5.32 Å². The van der Waals surface area contributed by atoms with E-state index in [1.54, 1.807) is 0 Å². The van der Waals surface area contributed by atoms with Gasteiger partial charge in [0.1, 0.15) is 11.5 Å². The monoisotopic (exact) mass is 255 g/mol. The molecule has 0 aliphatic heterocycles. The van der Waals surface area contributed by atoms with E-state index in [0.29, 0.717) is 12.4 Å². The van der Waals surface area contributed by atoms with E-state index in [-0.39, 0.29) is 28.4 Å². The molecule has 0 aromatic heterocycles. The number of hydrogen-bond acceptors (Lipinski definition) is 3. The average Bonchev–Trinajstić information content (AvgIpc) is 3.05. The van der Waals surface area contributed by atoms with E-state index in [1.807, 2.05) is 0 Å². The molecule has 0 atom stereocenters. The molecule has 17 heavy (non-hydrogen) atoms. The van der Waals surface area contributed by atoms with Gasteiger partial charge in [0, 0.05) is 29.5 Å². The zero-order chi connectivity index (χ0) is 12.5. The summed E-state index contributed by atoms with van der Waals surface area (Å²) in [7, 11) is 0. The summed E-state index contributed by atoms with van der Waals surface area (Å²) < 4.78 is 0. The van der Waals surface area contributed by atoms with Gasteiger partial charge in [0.15, 0.2) is 0 Å². The topological polar surface area (TPSA) is 69.6 Å². The lowest BCUT2D eigenvalue weighted by atomic mass is 10.1. The molecule has 0 unspecified atom stereocenters. The largest absolute Gasteiger partial charge is 0.508 e. The fourth-order valence-electron chi connectivity index (χ4n) is 1.63. The lowest BCUT2D eigenvalue weighted by Crippen LogP contribution is -2.30. The van der Waals surface area contributed by atoms with E-state index in [9.17, 15) is 15.0 Å². The third-order valence-electron chi connectivity index (χ3n) is 3.03. The summed E-state index contributed by atoms with van der Waals surface area (Å²) in [6, 6.07) is 3.81. The van der Waals surface area contributed by atoms with Crippen LogP contribution >= 0.6 is 11.6 Å². The summed E-state index contributed by atoms with van der Waals surface area (Å²) in [5.74, 6) is -0.0340. The van der Waals surface area contributed by atoms with Gasteiger partial charge in [-0.25, -0.2) is 0 Å². The van der Waals surface area contributed by atoms with E-state index < -0.39 is 0 Å². The number of carbonyl (C=O) groups excluding carboxylic acids is 1. The van der Waals surface area contributed by atoms with Crippen LogP contribution in [-0.2, 0) is 0 Å². The van der Waals surface area contributed by atoms with Crippen LogP contribution in [0.5, 0.6) is 11.5 Å². The molecular formula is C12H14ClNO3. The van der Waals surface area contributed by atoms with Crippen molar-refractivity contribution in [2.75, 3.05) is 12.4 Å². The molecule has 1 aromatic rings. The van der Waals surface area contributed by atoms with Gasteiger partial charge in [-0.3, -0.25) is 4.79 Å². The normalized spacial score (nSPS) is 16.5. The molecule has 3 N–H and O–H groups in total. The summed E-state index contributed by atoms with van der Waals surface area (Å²) in [6.45, 7) is 0.533. The van der Waals surface area contributed by atoms with Crippen LogP contribution in [0.3, 0.4) is 0 Å². The maximum absolute atomic E-state index is 11.8. The molecule has 0 heterocycles. The summed E-state index contributed by atoms with van der Waals surface area (Å²) in [6.07, 6.45) is 2.06. The predicted octanol–water partition coefficient (Wildman–Crippen LogP) is 1.85. The fraction of sp³-hybridized carbons (Fsp3) is 0.417. The molecule has 1 saturated carbocycles. The molecule has 2 rings (SSSR count). The van der Waals surface area contributed by atoms with Crippen molar-refractivity contribution < 1.29 is 15.0 Å². The Balaban J connectivity index is 1.99. The summed E-state index contributed by atoms with van der Waals surface area (Å²) >= 11 is 5.80. The van der Waals surface area contributed by atoms with E-state index >= 15 is 0 Å². The first-order valence-corrected chi connectivity index (χ1v) is 5.95. The van der Waals surface area contributed by atoms with Gasteiger partial charge in [-0.05, 0) is 25.0 Å². The highest BCUT2D eigenvalue weighted by molar-refractivity contribution is 6.18. The van der Waals surface area contributed by atoms with Crippen LogP contribution in [0.4, 0.5) is 0 Å². The van der Waals surface area contributed by atoms with Crippen molar-refractivity contribution >= 4 is 17.5 Å². The van der Waals surface area contributed by atoms with Gasteiger partial charge in [0.05, 0.1) is 0 Å². The van der Waals surface area contributed by atoms with Gasteiger partial charge in [0.25, 0.3) is 5.91 Å². The SMILES string of the molecule is O=C(NCC1(CCl)CC1)c1cc(O)cc(O)c1. The molecule has 1 aliphatic carbocycles. The minimum Gasteiger partial charge on any atom is -0.508 e. The number of hydrogen-bond donors (Lipinski definition) is 3.